The second-order valence-electron chi connectivity index (χ2n) is 7.31. The van der Waals surface area contributed by atoms with E-state index in [0.717, 1.165) is 27.8 Å². The second-order valence-corrected chi connectivity index (χ2v) is 7.31. The molecule has 0 unspecified atom stereocenters. The van der Waals surface area contributed by atoms with Crippen molar-refractivity contribution in [1.29, 1.82) is 0 Å². The lowest BCUT2D eigenvalue weighted by Gasteiger charge is -2.25. The number of halogens is 1. The molecule has 0 fully saturated rings. The van der Waals surface area contributed by atoms with E-state index in [1.807, 2.05) is 25.1 Å². The van der Waals surface area contributed by atoms with Crippen LogP contribution in [0.1, 0.15) is 22.5 Å². The number of hydrogen-bond acceptors (Lipinski definition) is 5. The fraction of sp³-hybridized carbons (Fsp3) is 0.227. The molecular formula is C22H18FN3O3. The van der Waals surface area contributed by atoms with Crippen molar-refractivity contribution in [2.24, 2.45) is 0 Å². The van der Waals surface area contributed by atoms with Gasteiger partial charge < -0.3 is 13.9 Å². The Hall–Kier alpha value is -3.48. The molecule has 0 bridgehead atoms. The first-order valence-electron chi connectivity index (χ1n) is 9.44. The first kappa shape index (κ1) is 17.6. The Labute approximate surface area is 165 Å². The van der Waals surface area contributed by atoms with Gasteiger partial charge in [-0.25, -0.2) is 4.39 Å². The maximum Gasteiger partial charge on any atom is 0.229 e. The normalized spacial score (nSPS) is 13.7. The number of hydrogen-bond donors (Lipinski definition) is 0. The third-order valence-electron chi connectivity index (χ3n) is 5.32. The minimum Gasteiger partial charge on any atom is -0.356 e. The number of benzene rings is 2. The van der Waals surface area contributed by atoms with Crippen molar-refractivity contribution >= 4 is 16.9 Å². The average molecular weight is 391 g/mol. The molecule has 2 aromatic heterocycles. The molecule has 0 spiro atoms. The van der Waals surface area contributed by atoms with E-state index in [1.54, 1.807) is 17.0 Å². The highest BCUT2D eigenvalue weighted by molar-refractivity contribution is 5.86. The van der Waals surface area contributed by atoms with Gasteiger partial charge in [-0.3, -0.25) is 4.79 Å². The first-order chi connectivity index (χ1) is 14.1. The van der Waals surface area contributed by atoms with Gasteiger partial charge in [-0.15, -0.1) is 0 Å². The topological polar surface area (TPSA) is 72.4 Å². The number of rotatable bonds is 3. The van der Waals surface area contributed by atoms with Crippen LogP contribution in [0.5, 0.6) is 0 Å². The molecule has 3 heterocycles. The molecule has 0 saturated carbocycles. The van der Waals surface area contributed by atoms with Crippen molar-refractivity contribution in [3.8, 4) is 11.3 Å². The van der Waals surface area contributed by atoms with Crippen LogP contribution in [0.25, 0.3) is 22.3 Å². The van der Waals surface area contributed by atoms with Gasteiger partial charge in [-0.2, -0.15) is 0 Å². The Morgan fingerprint density at radius 1 is 1.14 bits per heavy atom. The van der Waals surface area contributed by atoms with Gasteiger partial charge in [-0.05, 0) is 49.7 Å². The lowest BCUT2D eigenvalue weighted by molar-refractivity contribution is -0.131. The minimum absolute atomic E-state index is 0.0290. The third kappa shape index (κ3) is 3.18. The van der Waals surface area contributed by atoms with Crippen LogP contribution in [0.2, 0.25) is 0 Å². The average Bonchev–Trinajstić information content (AvgIpc) is 3.32. The van der Waals surface area contributed by atoms with Crippen molar-refractivity contribution in [3.05, 3.63) is 70.8 Å². The van der Waals surface area contributed by atoms with E-state index < -0.39 is 0 Å². The van der Waals surface area contributed by atoms with Gasteiger partial charge in [0.05, 0.1) is 13.0 Å². The largest absolute Gasteiger partial charge is 0.356 e. The lowest BCUT2D eigenvalue weighted by atomic mass is 10.00. The Bertz CT molecular complexity index is 1210. The molecule has 7 heteroatoms. The maximum atomic E-state index is 13.2. The van der Waals surface area contributed by atoms with Crippen LogP contribution < -0.4 is 0 Å². The molecule has 1 aliphatic rings. The van der Waals surface area contributed by atoms with Gasteiger partial charge >= 0.3 is 0 Å². The summed E-state index contributed by atoms with van der Waals surface area (Å²) in [6, 6.07) is 11.9. The number of amides is 1. The zero-order valence-electron chi connectivity index (χ0n) is 15.8. The molecular weight excluding hydrogens is 373 g/mol. The fourth-order valence-corrected chi connectivity index (χ4v) is 3.76. The van der Waals surface area contributed by atoms with Crippen LogP contribution in [0.4, 0.5) is 4.39 Å². The summed E-state index contributed by atoms with van der Waals surface area (Å²) in [5.74, 6) is 0.318. The standard InChI is InChI=1S/C22H18FN3O3/c1-13-2-7-20-17(10-13)18(24-28-20)11-21(27)26-9-8-16-19(12-26)25-29-22(16)14-3-5-15(23)6-4-14/h2-7,10H,8-9,11-12H2,1H3. The highest BCUT2D eigenvalue weighted by Gasteiger charge is 2.28. The number of fused-ring (bicyclic) bond motifs is 2. The molecule has 4 aromatic rings. The Balaban J connectivity index is 1.35. The minimum atomic E-state index is -0.297. The number of aromatic nitrogens is 2. The summed E-state index contributed by atoms with van der Waals surface area (Å²) >= 11 is 0. The van der Waals surface area contributed by atoms with Gasteiger partial charge in [0.1, 0.15) is 17.2 Å². The van der Waals surface area contributed by atoms with Crippen molar-refractivity contribution < 1.29 is 18.2 Å². The van der Waals surface area contributed by atoms with Crippen molar-refractivity contribution in [3.63, 3.8) is 0 Å². The van der Waals surface area contributed by atoms with E-state index in [0.29, 0.717) is 36.5 Å². The second kappa shape index (κ2) is 6.84. The summed E-state index contributed by atoms with van der Waals surface area (Å²) in [5.41, 5.74) is 4.91. The van der Waals surface area contributed by atoms with Gasteiger partial charge in [0.2, 0.25) is 5.91 Å². The van der Waals surface area contributed by atoms with E-state index in [4.69, 9.17) is 9.05 Å². The SMILES string of the molecule is Cc1ccc2onc(CC(=O)N3CCc4c(noc4-c4ccc(F)cc4)C3)c2c1. The summed E-state index contributed by atoms with van der Waals surface area (Å²) in [5, 5.41) is 9.10. The number of carbonyl (C=O) groups is 1. The van der Waals surface area contributed by atoms with Crippen molar-refractivity contribution in [2.75, 3.05) is 6.54 Å². The van der Waals surface area contributed by atoms with Gasteiger partial charge in [0.25, 0.3) is 0 Å². The van der Waals surface area contributed by atoms with Crippen molar-refractivity contribution in [1.82, 2.24) is 15.2 Å². The summed E-state index contributed by atoms with van der Waals surface area (Å²) in [6.07, 6.45) is 0.810. The smallest absolute Gasteiger partial charge is 0.229 e. The molecule has 6 nitrogen and oxygen atoms in total. The molecule has 0 N–H and O–H groups in total. The van der Waals surface area contributed by atoms with E-state index >= 15 is 0 Å². The van der Waals surface area contributed by atoms with Crippen LogP contribution in [-0.4, -0.2) is 27.7 Å². The molecule has 1 amide bonds. The van der Waals surface area contributed by atoms with Crippen LogP contribution in [0, 0.1) is 12.7 Å². The fourth-order valence-electron chi connectivity index (χ4n) is 3.76. The highest BCUT2D eigenvalue weighted by Crippen LogP contribution is 2.31. The lowest BCUT2D eigenvalue weighted by Crippen LogP contribution is -2.37. The summed E-state index contributed by atoms with van der Waals surface area (Å²) in [6.45, 7) is 2.94. The van der Waals surface area contributed by atoms with Crippen LogP contribution >= 0.6 is 0 Å². The monoisotopic (exact) mass is 391 g/mol. The van der Waals surface area contributed by atoms with Gasteiger partial charge in [0, 0.05) is 23.1 Å². The van der Waals surface area contributed by atoms with Crippen LogP contribution in [-0.2, 0) is 24.2 Å². The molecule has 29 heavy (non-hydrogen) atoms. The molecule has 146 valence electrons. The zero-order valence-corrected chi connectivity index (χ0v) is 15.8. The Morgan fingerprint density at radius 2 is 1.97 bits per heavy atom. The molecule has 0 atom stereocenters. The summed E-state index contributed by atoms with van der Waals surface area (Å²) in [4.78, 5) is 14.6. The quantitative estimate of drug-likeness (QED) is 0.527. The predicted octanol–water partition coefficient (Wildman–Crippen LogP) is 4.06. The molecule has 0 radical (unpaired) electrons. The maximum absolute atomic E-state index is 13.2. The molecule has 1 aliphatic heterocycles. The van der Waals surface area contributed by atoms with Crippen LogP contribution in [0.3, 0.4) is 0 Å². The summed E-state index contributed by atoms with van der Waals surface area (Å²) in [7, 11) is 0. The zero-order chi connectivity index (χ0) is 20.0. The molecule has 5 rings (SSSR count). The molecule has 2 aromatic carbocycles. The predicted molar refractivity (Wildman–Crippen MR) is 103 cm³/mol. The first-order valence-corrected chi connectivity index (χ1v) is 9.44. The molecule has 0 aliphatic carbocycles. The van der Waals surface area contributed by atoms with E-state index in [2.05, 4.69) is 10.3 Å². The van der Waals surface area contributed by atoms with E-state index in [9.17, 15) is 9.18 Å². The Kier molecular flexibility index (Phi) is 4.16. The number of aryl methyl sites for hydroxylation is 1. The third-order valence-corrected chi connectivity index (χ3v) is 5.32. The van der Waals surface area contributed by atoms with Gasteiger partial charge in [-0.1, -0.05) is 21.9 Å². The molecule has 0 saturated heterocycles. The van der Waals surface area contributed by atoms with Crippen LogP contribution in [0.15, 0.2) is 51.5 Å². The Morgan fingerprint density at radius 3 is 2.79 bits per heavy atom. The van der Waals surface area contributed by atoms with Gasteiger partial charge in [0.15, 0.2) is 11.3 Å². The number of nitrogens with zero attached hydrogens (tertiary/aromatic N) is 3. The number of carbonyl (C=O) groups excluding carboxylic acids is 1. The highest BCUT2D eigenvalue weighted by atomic mass is 19.1. The van der Waals surface area contributed by atoms with E-state index in [1.165, 1.54) is 12.1 Å². The van der Waals surface area contributed by atoms with E-state index in [-0.39, 0.29) is 18.1 Å². The summed E-state index contributed by atoms with van der Waals surface area (Å²) < 4.78 is 24.0. The van der Waals surface area contributed by atoms with Crippen molar-refractivity contribution in [2.45, 2.75) is 26.3 Å².